The monoisotopic (exact) mass is 251 g/mol. The molecule has 0 radical (unpaired) electrons. The van der Waals surface area contributed by atoms with Crippen LogP contribution in [0.4, 0.5) is 5.69 Å². The van der Waals surface area contributed by atoms with Crippen LogP contribution in [-0.4, -0.2) is 31.4 Å². The molecule has 1 aromatic rings. The van der Waals surface area contributed by atoms with Crippen LogP contribution in [0.2, 0.25) is 5.02 Å². The van der Waals surface area contributed by atoms with E-state index in [1.165, 1.54) is 0 Å². The maximum atomic E-state index is 11.3. The lowest BCUT2D eigenvalue weighted by Gasteiger charge is -2.11. The van der Waals surface area contributed by atoms with Crippen molar-refractivity contribution in [3.63, 3.8) is 0 Å². The SMILES string of the molecule is CN(C)C(=O)CCNc1ccc(C#N)cc1Cl. The Balaban J connectivity index is 2.53. The number of amides is 1. The normalized spacial score (nSPS) is 9.53. The zero-order chi connectivity index (χ0) is 12.8. The maximum Gasteiger partial charge on any atom is 0.223 e. The molecule has 0 aromatic heterocycles. The van der Waals surface area contributed by atoms with Gasteiger partial charge in [-0.25, -0.2) is 0 Å². The van der Waals surface area contributed by atoms with Crippen molar-refractivity contribution in [1.29, 1.82) is 5.26 Å². The van der Waals surface area contributed by atoms with Gasteiger partial charge in [-0.1, -0.05) is 11.6 Å². The number of nitrogens with zero attached hydrogens (tertiary/aromatic N) is 2. The predicted molar refractivity (Wildman–Crippen MR) is 68.0 cm³/mol. The molecular weight excluding hydrogens is 238 g/mol. The predicted octanol–water partition coefficient (Wildman–Crippen LogP) is 2.10. The first-order valence-electron chi connectivity index (χ1n) is 5.18. The zero-order valence-electron chi connectivity index (χ0n) is 9.83. The minimum atomic E-state index is 0.0577. The summed E-state index contributed by atoms with van der Waals surface area (Å²) in [5, 5.41) is 12.2. The molecule has 0 aliphatic heterocycles. The van der Waals surface area contributed by atoms with Crippen molar-refractivity contribution < 1.29 is 4.79 Å². The summed E-state index contributed by atoms with van der Waals surface area (Å²) in [7, 11) is 3.44. The van der Waals surface area contributed by atoms with Gasteiger partial charge in [0.25, 0.3) is 0 Å². The number of hydrogen-bond donors (Lipinski definition) is 1. The first kappa shape index (κ1) is 13.3. The van der Waals surface area contributed by atoms with Gasteiger partial charge in [0.2, 0.25) is 5.91 Å². The molecule has 0 heterocycles. The quantitative estimate of drug-likeness (QED) is 0.892. The van der Waals surface area contributed by atoms with E-state index in [9.17, 15) is 4.79 Å². The van der Waals surface area contributed by atoms with Gasteiger partial charge in [-0.05, 0) is 18.2 Å². The smallest absolute Gasteiger partial charge is 0.223 e. The molecule has 0 unspecified atom stereocenters. The molecule has 1 rings (SSSR count). The van der Waals surface area contributed by atoms with Crippen molar-refractivity contribution in [2.45, 2.75) is 6.42 Å². The molecule has 0 atom stereocenters. The highest BCUT2D eigenvalue weighted by Crippen LogP contribution is 2.22. The molecule has 1 aromatic carbocycles. The first-order chi connectivity index (χ1) is 8.04. The van der Waals surface area contributed by atoms with Gasteiger partial charge in [-0.3, -0.25) is 4.79 Å². The Morgan fingerprint density at radius 3 is 2.76 bits per heavy atom. The van der Waals surface area contributed by atoms with E-state index in [-0.39, 0.29) is 5.91 Å². The number of nitriles is 1. The zero-order valence-corrected chi connectivity index (χ0v) is 10.6. The molecular formula is C12H14ClN3O. The van der Waals surface area contributed by atoms with Crippen LogP contribution in [0.25, 0.3) is 0 Å². The summed E-state index contributed by atoms with van der Waals surface area (Å²) in [6, 6.07) is 7.03. The van der Waals surface area contributed by atoms with Crippen molar-refractivity contribution in [1.82, 2.24) is 4.90 Å². The van der Waals surface area contributed by atoms with E-state index in [1.807, 2.05) is 6.07 Å². The summed E-state index contributed by atoms with van der Waals surface area (Å²) in [6.07, 6.45) is 0.406. The molecule has 0 fully saturated rings. The molecule has 5 heteroatoms. The van der Waals surface area contributed by atoms with Crippen molar-refractivity contribution in [2.75, 3.05) is 26.0 Å². The van der Waals surface area contributed by atoms with Gasteiger partial charge in [-0.2, -0.15) is 5.26 Å². The van der Waals surface area contributed by atoms with Crippen LogP contribution in [0.1, 0.15) is 12.0 Å². The summed E-state index contributed by atoms with van der Waals surface area (Å²) in [5.74, 6) is 0.0577. The van der Waals surface area contributed by atoms with E-state index in [0.29, 0.717) is 23.6 Å². The van der Waals surface area contributed by atoms with Crippen LogP contribution in [0.15, 0.2) is 18.2 Å². The Morgan fingerprint density at radius 2 is 2.24 bits per heavy atom. The average Bonchev–Trinajstić information content (AvgIpc) is 2.30. The highest BCUT2D eigenvalue weighted by atomic mass is 35.5. The molecule has 0 saturated heterocycles. The van der Waals surface area contributed by atoms with Gasteiger partial charge in [-0.15, -0.1) is 0 Å². The van der Waals surface area contributed by atoms with Crippen molar-refractivity contribution in [3.05, 3.63) is 28.8 Å². The standard InChI is InChI=1S/C12H14ClN3O/c1-16(2)12(17)5-6-15-11-4-3-9(8-14)7-10(11)13/h3-4,7,15H,5-6H2,1-2H3. The van der Waals surface area contributed by atoms with Crippen molar-refractivity contribution in [2.24, 2.45) is 0 Å². The van der Waals surface area contributed by atoms with E-state index in [0.717, 1.165) is 5.69 Å². The number of carbonyl (C=O) groups excluding carboxylic acids is 1. The summed E-state index contributed by atoms with van der Waals surface area (Å²) in [6.45, 7) is 0.517. The second-order valence-electron chi connectivity index (χ2n) is 3.77. The summed E-state index contributed by atoms with van der Waals surface area (Å²) >= 11 is 5.98. The Bertz CT molecular complexity index is 452. The number of halogens is 1. The fourth-order valence-corrected chi connectivity index (χ4v) is 1.50. The number of hydrogen-bond acceptors (Lipinski definition) is 3. The van der Waals surface area contributed by atoms with Gasteiger partial charge in [0.15, 0.2) is 0 Å². The Kier molecular flexibility index (Phi) is 4.80. The fraction of sp³-hybridized carbons (Fsp3) is 0.333. The third kappa shape index (κ3) is 3.97. The number of anilines is 1. The third-order valence-corrected chi connectivity index (χ3v) is 2.56. The van der Waals surface area contributed by atoms with Gasteiger partial charge >= 0.3 is 0 Å². The fourth-order valence-electron chi connectivity index (χ4n) is 1.26. The molecule has 0 bridgehead atoms. The molecule has 1 amide bonds. The summed E-state index contributed by atoms with van der Waals surface area (Å²) < 4.78 is 0. The van der Waals surface area contributed by atoms with Crippen molar-refractivity contribution >= 4 is 23.2 Å². The van der Waals surface area contributed by atoms with Crippen LogP contribution in [-0.2, 0) is 4.79 Å². The number of carbonyl (C=O) groups is 1. The lowest BCUT2D eigenvalue weighted by atomic mass is 10.2. The molecule has 4 nitrogen and oxygen atoms in total. The largest absolute Gasteiger partial charge is 0.383 e. The van der Waals surface area contributed by atoms with Crippen LogP contribution in [0, 0.1) is 11.3 Å². The summed E-state index contributed by atoms with van der Waals surface area (Å²) in [4.78, 5) is 12.9. The lowest BCUT2D eigenvalue weighted by Crippen LogP contribution is -2.23. The second-order valence-corrected chi connectivity index (χ2v) is 4.18. The van der Waals surface area contributed by atoms with Gasteiger partial charge in [0.05, 0.1) is 22.3 Å². The molecule has 90 valence electrons. The van der Waals surface area contributed by atoms with E-state index in [1.54, 1.807) is 37.2 Å². The van der Waals surface area contributed by atoms with E-state index < -0.39 is 0 Å². The Hall–Kier alpha value is -1.73. The Labute approximate surface area is 106 Å². The van der Waals surface area contributed by atoms with Gasteiger partial charge in [0.1, 0.15) is 0 Å². The third-order valence-electron chi connectivity index (χ3n) is 2.25. The molecule has 0 saturated carbocycles. The van der Waals surface area contributed by atoms with Crippen LogP contribution >= 0.6 is 11.6 Å². The minimum Gasteiger partial charge on any atom is -0.383 e. The van der Waals surface area contributed by atoms with Crippen LogP contribution < -0.4 is 5.32 Å². The highest BCUT2D eigenvalue weighted by molar-refractivity contribution is 6.33. The minimum absolute atomic E-state index is 0.0577. The van der Waals surface area contributed by atoms with Gasteiger partial charge < -0.3 is 10.2 Å². The Morgan fingerprint density at radius 1 is 1.53 bits per heavy atom. The van der Waals surface area contributed by atoms with Crippen LogP contribution in [0.3, 0.4) is 0 Å². The van der Waals surface area contributed by atoms with E-state index in [4.69, 9.17) is 16.9 Å². The lowest BCUT2D eigenvalue weighted by molar-refractivity contribution is -0.128. The second kappa shape index (κ2) is 6.12. The van der Waals surface area contributed by atoms with Gasteiger partial charge in [0, 0.05) is 27.1 Å². The maximum absolute atomic E-state index is 11.3. The molecule has 0 aliphatic rings. The van der Waals surface area contributed by atoms with E-state index >= 15 is 0 Å². The topological polar surface area (TPSA) is 56.1 Å². The number of benzene rings is 1. The summed E-state index contributed by atoms with van der Waals surface area (Å²) in [5.41, 5.74) is 1.25. The molecule has 0 aliphatic carbocycles. The molecule has 1 N–H and O–H groups in total. The highest BCUT2D eigenvalue weighted by Gasteiger charge is 2.05. The van der Waals surface area contributed by atoms with Crippen molar-refractivity contribution in [3.8, 4) is 6.07 Å². The average molecular weight is 252 g/mol. The molecule has 17 heavy (non-hydrogen) atoms. The number of nitrogens with one attached hydrogen (secondary N) is 1. The van der Waals surface area contributed by atoms with E-state index in [2.05, 4.69) is 5.32 Å². The molecule has 0 spiro atoms. The number of rotatable bonds is 4. The van der Waals surface area contributed by atoms with Crippen LogP contribution in [0.5, 0.6) is 0 Å². The first-order valence-corrected chi connectivity index (χ1v) is 5.56.